The number of nitrogens with two attached hydrogens (primary N) is 1. The van der Waals surface area contributed by atoms with Crippen LogP contribution in [0.25, 0.3) is 0 Å². The van der Waals surface area contributed by atoms with E-state index in [9.17, 15) is 4.79 Å². The van der Waals surface area contributed by atoms with E-state index in [0.717, 1.165) is 11.3 Å². The van der Waals surface area contributed by atoms with E-state index in [4.69, 9.17) is 15.2 Å². The number of anilines is 3. The maximum Gasteiger partial charge on any atom is 0.252 e. The second-order valence-corrected chi connectivity index (χ2v) is 6.01. The number of nitrogens with one attached hydrogen (secondary N) is 2. The van der Waals surface area contributed by atoms with Gasteiger partial charge in [-0.05, 0) is 17.7 Å². The molecule has 7 nitrogen and oxygen atoms in total. The highest BCUT2D eigenvalue weighted by atomic mass is 16.5. The fraction of sp³-hybridized carbons (Fsp3) is 0.143. The van der Waals surface area contributed by atoms with Gasteiger partial charge >= 0.3 is 0 Å². The Morgan fingerprint density at radius 3 is 2.46 bits per heavy atom. The summed E-state index contributed by atoms with van der Waals surface area (Å²) >= 11 is 0. The van der Waals surface area contributed by atoms with Crippen LogP contribution in [0.1, 0.15) is 15.9 Å². The van der Waals surface area contributed by atoms with Crippen molar-refractivity contribution in [3.05, 3.63) is 71.9 Å². The summed E-state index contributed by atoms with van der Waals surface area (Å²) in [6.07, 6.45) is 1.46. The first-order chi connectivity index (χ1) is 13.6. The summed E-state index contributed by atoms with van der Waals surface area (Å²) in [5.41, 5.74) is 8.28. The second kappa shape index (κ2) is 8.77. The van der Waals surface area contributed by atoms with Gasteiger partial charge in [-0.25, -0.2) is 4.98 Å². The summed E-state index contributed by atoms with van der Waals surface area (Å²) in [5, 5.41) is 6.45. The van der Waals surface area contributed by atoms with Crippen molar-refractivity contribution in [2.45, 2.75) is 6.54 Å². The Morgan fingerprint density at radius 2 is 1.79 bits per heavy atom. The number of benzene rings is 2. The monoisotopic (exact) mass is 378 g/mol. The molecule has 144 valence electrons. The summed E-state index contributed by atoms with van der Waals surface area (Å²) in [6, 6.07) is 17.1. The van der Waals surface area contributed by atoms with Crippen LogP contribution in [0.4, 0.5) is 17.2 Å². The van der Waals surface area contributed by atoms with E-state index < -0.39 is 5.91 Å². The van der Waals surface area contributed by atoms with Crippen LogP contribution in [0.15, 0.2) is 60.8 Å². The average molecular weight is 378 g/mol. The van der Waals surface area contributed by atoms with E-state index >= 15 is 0 Å². The van der Waals surface area contributed by atoms with Crippen molar-refractivity contribution in [3.63, 3.8) is 0 Å². The van der Waals surface area contributed by atoms with Gasteiger partial charge in [0.1, 0.15) is 5.82 Å². The molecule has 0 bridgehead atoms. The number of methoxy groups -OCH3 is 2. The average Bonchev–Trinajstić information content (AvgIpc) is 2.72. The molecule has 1 aromatic heterocycles. The number of pyridine rings is 1. The standard InChI is InChI=1S/C21H22N4O3/c1-27-18-9-8-15(10-19(18)28-2)25-20-11-17(16(13-24-20)21(22)26)23-12-14-6-4-3-5-7-14/h3-11,13H,12H2,1-2H3,(H2,22,26)(H2,23,24,25). The van der Waals surface area contributed by atoms with Crippen molar-refractivity contribution in [2.75, 3.05) is 24.9 Å². The van der Waals surface area contributed by atoms with Crippen molar-refractivity contribution in [3.8, 4) is 11.5 Å². The highest BCUT2D eigenvalue weighted by Gasteiger charge is 2.11. The Hall–Kier alpha value is -3.74. The van der Waals surface area contributed by atoms with E-state index in [2.05, 4.69) is 15.6 Å². The normalized spacial score (nSPS) is 10.2. The van der Waals surface area contributed by atoms with Crippen LogP contribution in [-0.2, 0) is 6.54 Å². The lowest BCUT2D eigenvalue weighted by atomic mass is 10.2. The van der Waals surface area contributed by atoms with Gasteiger partial charge < -0.3 is 25.8 Å². The number of hydrogen-bond donors (Lipinski definition) is 3. The molecule has 1 amide bonds. The van der Waals surface area contributed by atoms with Crippen molar-refractivity contribution < 1.29 is 14.3 Å². The molecule has 0 unspecified atom stereocenters. The van der Waals surface area contributed by atoms with Gasteiger partial charge in [-0.3, -0.25) is 4.79 Å². The minimum absolute atomic E-state index is 0.328. The number of ether oxygens (including phenoxy) is 2. The molecular weight excluding hydrogens is 356 g/mol. The summed E-state index contributed by atoms with van der Waals surface area (Å²) in [5.74, 6) is 1.26. The lowest BCUT2D eigenvalue weighted by molar-refractivity contribution is 0.100. The van der Waals surface area contributed by atoms with Crippen LogP contribution in [-0.4, -0.2) is 25.1 Å². The minimum Gasteiger partial charge on any atom is -0.493 e. The number of hydrogen-bond acceptors (Lipinski definition) is 6. The molecule has 0 saturated heterocycles. The van der Waals surface area contributed by atoms with Crippen molar-refractivity contribution in [2.24, 2.45) is 5.73 Å². The smallest absolute Gasteiger partial charge is 0.252 e. The van der Waals surface area contributed by atoms with Gasteiger partial charge in [-0.2, -0.15) is 0 Å². The van der Waals surface area contributed by atoms with Crippen LogP contribution in [0, 0.1) is 0 Å². The van der Waals surface area contributed by atoms with Crippen LogP contribution < -0.4 is 25.8 Å². The molecule has 0 radical (unpaired) electrons. The molecule has 0 spiro atoms. The van der Waals surface area contributed by atoms with Gasteiger partial charge in [0, 0.05) is 30.6 Å². The number of carbonyl (C=O) groups is 1. The second-order valence-electron chi connectivity index (χ2n) is 6.01. The third kappa shape index (κ3) is 4.50. The molecule has 0 saturated carbocycles. The van der Waals surface area contributed by atoms with Crippen LogP contribution in [0.5, 0.6) is 11.5 Å². The summed E-state index contributed by atoms with van der Waals surface area (Å²) in [6.45, 7) is 0.556. The first kappa shape index (κ1) is 19.0. The van der Waals surface area contributed by atoms with Gasteiger partial charge in [0.15, 0.2) is 11.5 Å². The number of carbonyl (C=O) groups excluding carboxylic acids is 1. The Morgan fingerprint density at radius 1 is 1.04 bits per heavy atom. The van der Waals surface area contributed by atoms with Gasteiger partial charge in [-0.1, -0.05) is 30.3 Å². The predicted octanol–water partition coefficient (Wildman–Crippen LogP) is 3.55. The zero-order valence-corrected chi connectivity index (χ0v) is 15.7. The zero-order valence-electron chi connectivity index (χ0n) is 15.7. The van der Waals surface area contributed by atoms with Crippen molar-refractivity contribution in [1.82, 2.24) is 4.98 Å². The highest BCUT2D eigenvalue weighted by Crippen LogP contribution is 2.31. The highest BCUT2D eigenvalue weighted by molar-refractivity contribution is 5.98. The molecule has 1 heterocycles. The lowest BCUT2D eigenvalue weighted by Gasteiger charge is -2.14. The molecule has 0 aliphatic carbocycles. The molecule has 3 aromatic rings. The third-order valence-electron chi connectivity index (χ3n) is 4.15. The first-order valence-corrected chi connectivity index (χ1v) is 8.67. The Balaban J connectivity index is 1.83. The van der Waals surface area contributed by atoms with E-state index in [-0.39, 0.29) is 0 Å². The molecule has 3 rings (SSSR count). The largest absolute Gasteiger partial charge is 0.493 e. The topological polar surface area (TPSA) is 98.5 Å². The molecule has 0 atom stereocenters. The fourth-order valence-corrected chi connectivity index (χ4v) is 2.72. The van der Waals surface area contributed by atoms with E-state index in [1.165, 1.54) is 6.20 Å². The van der Waals surface area contributed by atoms with Crippen molar-refractivity contribution in [1.29, 1.82) is 0 Å². The van der Waals surface area contributed by atoms with Crippen molar-refractivity contribution >= 4 is 23.1 Å². The SMILES string of the molecule is COc1ccc(Nc2cc(NCc3ccccc3)c(C(N)=O)cn2)cc1OC. The number of nitrogens with zero attached hydrogens (tertiary/aromatic N) is 1. The maximum absolute atomic E-state index is 11.7. The minimum atomic E-state index is -0.541. The van der Waals surface area contributed by atoms with Gasteiger partial charge in [0.25, 0.3) is 5.91 Å². The molecule has 4 N–H and O–H groups in total. The third-order valence-corrected chi connectivity index (χ3v) is 4.15. The molecule has 0 aliphatic heterocycles. The molecular formula is C21H22N4O3. The van der Waals surface area contributed by atoms with Crippen LogP contribution in [0.3, 0.4) is 0 Å². The van der Waals surface area contributed by atoms with Gasteiger partial charge in [0.05, 0.1) is 25.5 Å². The van der Waals surface area contributed by atoms with E-state index in [1.807, 2.05) is 36.4 Å². The summed E-state index contributed by atoms with van der Waals surface area (Å²) in [7, 11) is 3.16. The quantitative estimate of drug-likeness (QED) is 0.554. The molecule has 0 fully saturated rings. The van der Waals surface area contributed by atoms with Crippen LogP contribution >= 0.6 is 0 Å². The number of amides is 1. The fourth-order valence-electron chi connectivity index (χ4n) is 2.72. The molecule has 28 heavy (non-hydrogen) atoms. The number of primary amides is 1. The lowest BCUT2D eigenvalue weighted by Crippen LogP contribution is -2.15. The summed E-state index contributed by atoms with van der Waals surface area (Å²) < 4.78 is 10.6. The first-order valence-electron chi connectivity index (χ1n) is 8.67. The number of rotatable bonds is 8. The van der Waals surface area contributed by atoms with Gasteiger partial charge in [-0.15, -0.1) is 0 Å². The molecule has 0 aliphatic rings. The predicted molar refractivity (Wildman–Crippen MR) is 109 cm³/mol. The molecule has 2 aromatic carbocycles. The van der Waals surface area contributed by atoms with E-state index in [0.29, 0.717) is 35.1 Å². The Bertz CT molecular complexity index is 961. The maximum atomic E-state index is 11.7. The Kier molecular flexibility index (Phi) is 5.96. The van der Waals surface area contributed by atoms with Crippen LogP contribution in [0.2, 0.25) is 0 Å². The number of aromatic nitrogens is 1. The molecule has 7 heteroatoms. The van der Waals surface area contributed by atoms with Gasteiger partial charge in [0.2, 0.25) is 0 Å². The summed E-state index contributed by atoms with van der Waals surface area (Å²) in [4.78, 5) is 16.0. The Labute approximate surface area is 163 Å². The zero-order chi connectivity index (χ0) is 19.9. The van der Waals surface area contributed by atoms with E-state index in [1.54, 1.807) is 32.4 Å².